The molecule has 0 aromatic heterocycles. The van der Waals surface area contributed by atoms with E-state index < -0.39 is 0 Å². The first-order chi connectivity index (χ1) is 10.7. The Bertz CT molecular complexity index is 577. The molecule has 23 heavy (non-hydrogen) atoms. The van der Waals surface area contributed by atoms with E-state index >= 15 is 0 Å². The zero-order valence-corrected chi connectivity index (χ0v) is 14.0. The minimum Gasteiger partial charge on any atom is -0.345 e. The van der Waals surface area contributed by atoms with Crippen LogP contribution in [-0.2, 0) is 4.79 Å². The smallest absolute Gasteiger partial charge is 0.252 e. The Morgan fingerprint density at radius 1 is 1.30 bits per heavy atom. The summed E-state index contributed by atoms with van der Waals surface area (Å²) in [5.41, 5.74) is 7.30. The number of benzene rings is 1. The van der Waals surface area contributed by atoms with E-state index in [1.54, 1.807) is 0 Å². The van der Waals surface area contributed by atoms with Gasteiger partial charge in [0.05, 0.1) is 12.5 Å². The number of nitrogens with one attached hydrogen (secondary N) is 1. The number of amides is 2. The van der Waals surface area contributed by atoms with Crippen molar-refractivity contribution in [1.29, 1.82) is 0 Å². The molecule has 126 valence electrons. The van der Waals surface area contributed by atoms with Crippen LogP contribution in [0.15, 0.2) is 24.3 Å². The Morgan fingerprint density at radius 2 is 2.09 bits per heavy atom. The second-order valence-corrected chi connectivity index (χ2v) is 6.13. The average molecular weight is 338 g/mol. The highest BCUT2D eigenvalue weighted by atomic mass is 35.5. The van der Waals surface area contributed by atoms with Crippen molar-refractivity contribution in [3.8, 4) is 0 Å². The fraction of sp³-hybridized carbons (Fsp3) is 0.529. The van der Waals surface area contributed by atoms with Gasteiger partial charge in [-0.3, -0.25) is 9.59 Å². The van der Waals surface area contributed by atoms with Gasteiger partial charge in [0.25, 0.3) is 5.91 Å². The lowest BCUT2D eigenvalue weighted by atomic mass is 9.97. The first-order valence-electron chi connectivity index (χ1n) is 8.10. The molecule has 2 aliphatic heterocycles. The summed E-state index contributed by atoms with van der Waals surface area (Å²) in [5, 5.41) is 2.93. The number of fused-ring (bicyclic) bond motifs is 1. The maximum Gasteiger partial charge on any atom is 0.252 e. The summed E-state index contributed by atoms with van der Waals surface area (Å²) in [6.45, 7) is 1.42. The minimum atomic E-state index is -0.198. The lowest BCUT2D eigenvalue weighted by molar-refractivity contribution is -0.135. The number of hydrogen-bond donors (Lipinski definition) is 2. The Kier molecular flexibility index (Phi) is 6.02. The molecule has 3 rings (SSSR count). The van der Waals surface area contributed by atoms with E-state index in [1.807, 2.05) is 29.2 Å². The molecule has 0 bridgehead atoms. The molecule has 0 spiro atoms. The highest BCUT2D eigenvalue weighted by molar-refractivity contribution is 5.99. The van der Waals surface area contributed by atoms with E-state index in [2.05, 4.69) is 5.32 Å². The third-order valence-corrected chi connectivity index (χ3v) is 4.71. The second-order valence-electron chi connectivity index (χ2n) is 6.13. The summed E-state index contributed by atoms with van der Waals surface area (Å²) in [6.07, 6.45) is 4.46. The minimum absolute atomic E-state index is 0. The molecule has 5 nitrogen and oxygen atoms in total. The maximum absolute atomic E-state index is 12.7. The zero-order valence-electron chi connectivity index (χ0n) is 13.2. The molecule has 1 aromatic rings. The lowest BCUT2D eigenvalue weighted by Gasteiger charge is -2.36. The van der Waals surface area contributed by atoms with E-state index in [4.69, 9.17) is 5.73 Å². The predicted octanol–water partition coefficient (Wildman–Crippen LogP) is 2.01. The van der Waals surface area contributed by atoms with Gasteiger partial charge in [-0.1, -0.05) is 18.2 Å². The summed E-state index contributed by atoms with van der Waals surface area (Å²) in [4.78, 5) is 26.6. The monoisotopic (exact) mass is 337 g/mol. The van der Waals surface area contributed by atoms with Crippen molar-refractivity contribution in [3.05, 3.63) is 35.4 Å². The largest absolute Gasteiger partial charge is 0.345 e. The lowest BCUT2D eigenvalue weighted by Crippen LogP contribution is -2.45. The third kappa shape index (κ3) is 3.67. The first kappa shape index (κ1) is 17.8. The topological polar surface area (TPSA) is 75.4 Å². The Labute approximate surface area is 143 Å². The number of nitrogens with two attached hydrogens (primary N) is 1. The highest BCUT2D eigenvalue weighted by Gasteiger charge is 2.33. The molecule has 1 fully saturated rings. The summed E-state index contributed by atoms with van der Waals surface area (Å²) in [6, 6.07) is 7.57. The van der Waals surface area contributed by atoms with Crippen LogP contribution >= 0.6 is 12.4 Å². The van der Waals surface area contributed by atoms with Crippen LogP contribution in [0.4, 0.5) is 0 Å². The van der Waals surface area contributed by atoms with Crippen LogP contribution in [0, 0.1) is 0 Å². The number of rotatable bonds is 4. The van der Waals surface area contributed by atoms with Gasteiger partial charge in [0, 0.05) is 18.2 Å². The van der Waals surface area contributed by atoms with Crippen LogP contribution in [-0.4, -0.2) is 35.8 Å². The fourth-order valence-corrected chi connectivity index (χ4v) is 3.60. The predicted molar refractivity (Wildman–Crippen MR) is 91.5 cm³/mol. The van der Waals surface area contributed by atoms with Gasteiger partial charge in [0.2, 0.25) is 5.91 Å². The van der Waals surface area contributed by atoms with Gasteiger partial charge in [-0.25, -0.2) is 0 Å². The van der Waals surface area contributed by atoms with Crippen molar-refractivity contribution in [1.82, 2.24) is 10.2 Å². The van der Waals surface area contributed by atoms with Crippen LogP contribution in [0.1, 0.15) is 54.1 Å². The van der Waals surface area contributed by atoms with E-state index in [0.29, 0.717) is 18.5 Å². The number of carbonyl (C=O) groups is 2. The molecule has 2 atom stereocenters. The molecule has 2 amide bonds. The Morgan fingerprint density at radius 3 is 2.87 bits per heavy atom. The van der Waals surface area contributed by atoms with Crippen LogP contribution < -0.4 is 11.1 Å². The van der Waals surface area contributed by atoms with Gasteiger partial charge < -0.3 is 16.0 Å². The van der Waals surface area contributed by atoms with Gasteiger partial charge in [0.1, 0.15) is 0 Å². The van der Waals surface area contributed by atoms with Gasteiger partial charge in [-0.05, 0) is 43.9 Å². The Hall–Kier alpha value is -1.59. The van der Waals surface area contributed by atoms with E-state index in [1.165, 1.54) is 0 Å². The Balaban J connectivity index is 0.00000192. The van der Waals surface area contributed by atoms with Crippen molar-refractivity contribution in [2.24, 2.45) is 5.73 Å². The second kappa shape index (κ2) is 7.79. The van der Waals surface area contributed by atoms with Crippen molar-refractivity contribution in [2.75, 3.05) is 13.1 Å². The molecule has 0 saturated carbocycles. The summed E-state index contributed by atoms with van der Waals surface area (Å²) in [5.74, 6) is 0.0469. The molecule has 1 saturated heterocycles. The molecule has 2 heterocycles. The van der Waals surface area contributed by atoms with Gasteiger partial charge in [-0.15, -0.1) is 12.4 Å². The summed E-state index contributed by atoms with van der Waals surface area (Å²) in [7, 11) is 0. The van der Waals surface area contributed by atoms with Gasteiger partial charge >= 0.3 is 0 Å². The number of hydrogen-bond acceptors (Lipinski definition) is 3. The molecular weight excluding hydrogens is 314 g/mol. The van der Waals surface area contributed by atoms with E-state index in [-0.39, 0.29) is 36.3 Å². The van der Waals surface area contributed by atoms with Crippen molar-refractivity contribution >= 4 is 24.2 Å². The molecule has 6 heteroatoms. The average Bonchev–Trinajstić information content (AvgIpc) is 2.85. The summed E-state index contributed by atoms with van der Waals surface area (Å²) >= 11 is 0. The fourth-order valence-electron chi connectivity index (χ4n) is 3.60. The van der Waals surface area contributed by atoms with Crippen molar-refractivity contribution in [3.63, 3.8) is 0 Å². The van der Waals surface area contributed by atoms with Crippen LogP contribution in [0.25, 0.3) is 0 Å². The van der Waals surface area contributed by atoms with E-state index in [0.717, 1.165) is 37.8 Å². The number of carbonyl (C=O) groups excluding carboxylic acids is 2. The molecule has 3 N–H and O–H groups in total. The molecule has 0 radical (unpaired) electrons. The van der Waals surface area contributed by atoms with Gasteiger partial charge in [-0.2, -0.15) is 0 Å². The molecule has 1 aromatic carbocycles. The number of likely N-dealkylation sites (tertiary alicyclic amines) is 1. The van der Waals surface area contributed by atoms with Crippen molar-refractivity contribution < 1.29 is 9.59 Å². The standard InChI is InChI=1S/C17H23N3O2.ClH/c18-9-8-12-5-3-4-10-20(12)16(21)11-15-13-6-1-2-7-14(13)17(22)19-15;/h1-2,6-7,12,15H,3-5,8-11,18H2,(H,19,22);1H. The molecule has 0 aliphatic carbocycles. The molecular formula is C17H24ClN3O2. The van der Waals surface area contributed by atoms with Crippen LogP contribution in [0.5, 0.6) is 0 Å². The maximum atomic E-state index is 12.7. The SMILES string of the molecule is Cl.NCCC1CCCCN1C(=O)CC1NC(=O)c2ccccc21. The zero-order chi connectivity index (χ0) is 15.5. The highest BCUT2D eigenvalue weighted by Crippen LogP contribution is 2.29. The number of halogens is 1. The van der Waals surface area contributed by atoms with Crippen LogP contribution in [0.3, 0.4) is 0 Å². The number of piperidine rings is 1. The quantitative estimate of drug-likeness (QED) is 0.882. The van der Waals surface area contributed by atoms with Crippen LogP contribution in [0.2, 0.25) is 0 Å². The third-order valence-electron chi connectivity index (χ3n) is 4.71. The van der Waals surface area contributed by atoms with Crippen molar-refractivity contribution in [2.45, 2.75) is 44.2 Å². The van der Waals surface area contributed by atoms with Gasteiger partial charge in [0.15, 0.2) is 0 Å². The number of nitrogens with zero attached hydrogens (tertiary/aromatic N) is 1. The summed E-state index contributed by atoms with van der Waals surface area (Å²) < 4.78 is 0. The molecule has 2 unspecified atom stereocenters. The first-order valence-corrected chi connectivity index (χ1v) is 8.10. The normalized spacial score (nSPS) is 23.0. The van der Waals surface area contributed by atoms with E-state index in [9.17, 15) is 9.59 Å². The molecule has 2 aliphatic rings.